The lowest BCUT2D eigenvalue weighted by Gasteiger charge is -2.10. The molecule has 24 heavy (non-hydrogen) atoms. The number of hydrogen-bond acceptors (Lipinski definition) is 1. The predicted octanol–water partition coefficient (Wildman–Crippen LogP) is 3.71. The molecule has 0 unspecified atom stereocenters. The van der Waals surface area contributed by atoms with Gasteiger partial charge in [0.25, 0.3) is 5.91 Å². The first-order chi connectivity index (χ1) is 11.5. The molecule has 1 amide bonds. The molecule has 3 aromatic rings. The number of carbonyl (C=O) groups excluding carboxylic acids is 1. The molecule has 0 aromatic heterocycles. The number of amides is 1. The van der Waals surface area contributed by atoms with Gasteiger partial charge in [-0.25, -0.2) is 4.39 Å². The molecule has 0 atom stereocenters. The molecule has 0 fully saturated rings. The molecule has 4 nitrogen and oxygen atoms in total. The third kappa shape index (κ3) is 3.07. The molecular formula is C18H13ClFN3O. The Morgan fingerprint density at radius 2 is 1.79 bits per heavy atom. The molecule has 120 valence electrons. The number of rotatable bonds is 2. The highest BCUT2D eigenvalue weighted by atomic mass is 35.5. The largest absolute Gasteiger partial charge is 0.370 e. The molecule has 0 radical (unpaired) electrons. The van der Waals surface area contributed by atoms with Crippen molar-refractivity contribution in [2.75, 3.05) is 0 Å². The van der Waals surface area contributed by atoms with E-state index in [2.05, 4.69) is 4.99 Å². The molecule has 0 aliphatic heterocycles. The van der Waals surface area contributed by atoms with Crippen molar-refractivity contribution >= 4 is 34.2 Å². The van der Waals surface area contributed by atoms with Crippen molar-refractivity contribution in [2.24, 2.45) is 16.5 Å². The zero-order valence-corrected chi connectivity index (χ0v) is 13.2. The molecule has 0 saturated heterocycles. The Kier molecular flexibility index (Phi) is 4.18. The van der Waals surface area contributed by atoms with Crippen molar-refractivity contribution in [3.8, 4) is 11.1 Å². The van der Waals surface area contributed by atoms with Crippen molar-refractivity contribution in [2.45, 2.75) is 0 Å². The van der Waals surface area contributed by atoms with E-state index in [-0.39, 0.29) is 11.8 Å². The van der Waals surface area contributed by atoms with E-state index in [0.717, 1.165) is 16.3 Å². The molecule has 3 aromatic carbocycles. The normalized spacial score (nSPS) is 10.6. The van der Waals surface area contributed by atoms with Crippen LogP contribution < -0.4 is 11.5 Å². The lowest BCUT2D eigenvalue weighted by Crippen LogP contribution is -2.24. The van der Waals surface area contributed by atoms with Crippen molar-refractivity contribution in [1.29, 1.82) is 0 Å². The number of nitrogens with two attached hydrogens (primary N) is 2. The van der Waals surface area contributed by atoms with E-state index in [1.54, 1.807) is 18.2 Å². The molecule has 0 spiro atoms. The summed E-state index contributed by atoms with van der Waals surface area (Å²) in [7, 11) is 0. The molecule has 4 N–H and O–H groups in total. The van der Waals surface area contributed by atoms with Gasteiger partial charge in [-0.3, -0.25) is 4.79 Å². The van der Waals surface area contributed by atoms with E-state index in [1.165, 1.54) is 18.2 Å². The number of aliphatic imine (C=N–C) groups is 1. The van der Waals surface area contributed by atoms with Gasteiger partial charge in [-0.05, 0) is 46.7 Å². The average molecular weight is 342 g/mol. The van der Waals surface area contributed by atoms with Crippen LogP contribution in [-0.4, -0.2) is 11.9 Å². The summed E-state index contributed by atoms with van der Waals surface area (Å²) >= 11 is 6.21. The number of fused-ring (bicyclic) bond motifs is 1. The van der Waals surface area contributed by atoms with E-state index >= 15 is 0 Å². The van der Waals surface area contributed by atoms with E-state index in [4.69, 9.17) is 23.1 Å². The van der Waals surface area contributed by atoms with Gasteiger partial charge in [0.15, 0.2) is 5.96 Å². The van der Waals surface area contributed by atoms with E-state index in [1.807, 2.05) is 18.2 Å². The SMILES string of the molecule is NC(N)=NC(=O)c1ccc2cccc(-c3cc(F)ccc3Cl)c2c1. The lowest BCUT2D eigenvalue weighted by molar-refractivity contribution is 0.100. The molecule has 0 bridgehead atoms. The van der Waals surface area contributed by atoms with Gasteiger partial charge in [-0.2, -0.15) is 4.99 Å². The van der Waals surface area contributed by atoms with Crippen LogP contribution in [0.15, 0.2) is 59.6 Å². The second kappa shape index (κ2) is 6.29. The molecular weight excluding hydrogens is 329 g/mol. The van der Waals surface area contributed by atoms with Crippen LogP contribution >= 0.6 is 11.6 Å². The summed E-state index contributed by atoms with van der Waals surface area (Å²) in [5.41, 5.74) is 12.1. The van der Waals surface area contributed by atoms with Gasteiger partial charge >= 0.3 is 0 Å². The standard InChI is InChI=1S/C18H13ClFN3O/c19-16-7-6-12(20)9-15(16)13-3-1-2-10-4-5-11(8-14(10)13)17(24)23-18(21)22/h1-9H,(H4,21,22,23,24). The van der Waals surface area contributed by atoms with Gasteiger partial charge in [0.1, 0.15) is 5.82 Å². The quantitative estimate of drug-likeness (QED) is 0.550. The third-order valence-electron chi connectivity index (χ3n) is 3.58. The van der Waals surface area contributed by atoms with Crippen molar-refractivity contribution in [3.63, 3.8) is 0 Å². The van der Waals surface area contributed by atoms with E-state index < -0.39 is 5.91 Å². The maximum atomic E-state index is 13.6. The van der Waals surface area contributed by atoms with E-state index in [9.17, 15) is 9.18 Å². The lowest BCUT2D eigenvalue weighted by atomic mass is 9.96. The molecule has 6 heteroatoms. The van der Waals surface area contributed by atoms with Crippen LogP contribution in [0.1, 0.15) is 10.4 Å². The Bertz CT molecular complexity index is 981. The first-order valence-corrected chi connectivity index (χ1v) is 7.45. The number of halogens is 2. The highest BCUT2D eigenvalue weighted by Gasteiger charge is 2.12. The number of nitrogens with zero attached hydrogens (tertiary/aromatic N) is 1. The molecule has 0 heterocycles. The summed E-state index contributed by atoms with van der Waals surface area (Å²) < 4.78 is 13.6. The van der Waals surface area contributed by atoms with Crippen LogP contribution in [0.2, 0.25) is 5.02 Å². The highest BCUT2D eigenvalue weighted by Crippen LogP contribution is 2.34. The summed E-state index contributed by atoms with van der Waals surface area (Å²) in [5, 5.41) is 2.06. The smallest absolute Gasteiger partial charge is 0.280 e. The summed E-state index contributed by atoms with van der Waals surface area (Å²) in [5.74, 6) is -1.24. The minimum Gasteiger partial charge on any atom is -0.370 e. The fraction of sp³-hybridized carbons (Fsp3) is 0. The number of hydrogen-bond donors (Lipinski definition) is 2. The van der Waals surface area contributed by atoms with Crippen molar-refractivity contribution in [3.05, 3.63) is 71.0 Å². The fourth-order valence-electron chi connectivity index (χ4n) is 2.53. The molecule has 0 saturated carbocycles. The Labute approximate surface area is 142 Å². The van der Waals surface area contributed by atoms with Gasteiger partial charge in [0.2, 0.25) is 0 Å². The maximum Gasteiger partial charge on any atom is 0.280 e. The zero-order valence-electron chi connectivity index (χ0n) is 12.5. The maximum absolute atomic E-state index is 13.6. The van der Waals surface area contributed by atoms with Crippen molar-refractivity contribution in [1.82, 2.24) is 0 Å². The first-order valence-electron chi connectivity index (χ1n) is 7.08. The first kappa shape index (κ1) is 16.0. The second-order valence-electron chi connectivity index (χ2n) is 5.21. The Hall–Kier alpha value is -2.92. The van der Waals surface area contributed by atoms with E-state index in [0.29, 0.717) is 16.1 Å². The number of carbonyl (C=O) groups is 1. The molecule has 0 aliphatic rings. The Morgan fingerprint density at radius 1 is 1.00 bits per heavy atom. The minimum atomic E-state index is -0.544. The van der Waals surface area contributed by atoms with Crippen molar-refractivity contribution < 1.29 is 9.18 Å². The minimum absolute atomic E-state index is 0.304. The topological polar surface area (TPSA) is 81.5 Å². The van der Waals surface area contributed by atoms with Gasteiger partial charge < -0.3 is 11.5 Å². The Balaban J connectivity index is 2.24. The van der Waals surface area contributed by atoms with Gasteiger partial charge in [0.05, 0.1) is 0 Å². The number of guanidine groups is 1. The summed E-state index contributed by atoms with van der Waals surface area (Å²) in [6, 6.07) is 14.8. The van der Waals surface area contributed by atoms with Gasteiger partial charge in [-0.1, -0.05) is 35.9 Å². The van der Waals surface area contributed by atoms with Gasteiger partial charge in [0, 0.05) is 16.1 Å². The molecule has 3 rings (SSSR count). The van der Waals surface area contributed by atoms with Crippen LogP contribution in [0.4, 0.5) is 4.39 Å². The highest BCUT2D eigenvalue weighted by molar-refractivity contribution is 6.33. The summed E-state index contributed by atoms with van der Waals surface area (Å²) in [4.78, 5) is 15.6. The summed E-state index contributed by atoms with van der Waals surface area (Å²) in [6.07, 6.45) is 0. The third-order valence-corrected chi connectivity index (χ3v) is 3.91. The van der Waals surface area contributed by atoms with Crippen LogP contribution in [0.5, 0.6) is 0 Å². The Morgan fingerprint density at radius 3 is 2.54 bits per heavy atom. The molecule has 0 aliphatic carbocycles. The second-order valence-corrected chi connectivity index (χ2v) is 5.61. The van der Waals surface area contributed by atoms with Crippen LogP contribution in [0.25, 0.3) is 21.9 Å². The average Bonchev–Trinajstić information content (AvgIpc) is 2.55. The van der Waals surface area contributed by atoms with Crippen LogP contribution in [-0.2, 0) is 0 Å². The predicted molar refractivity (Wildman–Crippen MR) is 94.5 cm³/mol. The summed E-state index contributed by atoms with van der Waals surface area (Å²) in [6.45, 7) is 0. The fourth-order valence-corrected chi connectivity index (χ4v) is 2.75. The number of benzene rings is 3. The monoisotopic (exact) mass is 341 g/mol. The zero-order chi connectivity index (χ0) is 17.3. The van der Waals surface area contributed by atoms with Gasteiger partial charge in [-0.15, -0.1) is 0 Å². The van der Waals surface area contributed by atoms with Crippen LogP contribution in [0, 0.1) is 5.82 Å². The van der Waals surface area contributed by atoms with Crippen LogP contribution in [0.3, 0.4) is 0 Å².